The molecule has 5 nitrogen and oxygen atoms in total. The summed E-state index contributed by atoms with van der Waals surface area (Å²) >= 11 is 0. The number of rotatable bonds is 4. The van der Waals surface area contributed by atoms with Crippen LogP contribution in [-0.2, 0) is 14.8 Å². The van der Waals surface area contributed by atoms with Crippen LogP contribution in [0.5, 0.6) is 0 Å². The van der Waals surface area contributed by atoms with E-state index in [1.807, 2.05) is 0 Å². The van der Waals surface area contributed by atoms with Crippen molar-refractivity contribution in [2.24, 2.45) is 5.92 Å². The zero-order valence-electron chi connectivity index (χ0n) is 10.3. The van der Waals surface area contributed by atoms with E-state index in [4.69, 9.17) is 0 Å². The average molecular weight is 274 g/mol. The van der Waals surface area contributed by atoms with Gasteiger partial charge in [-0.05, 0) is 18.2 Å². The Morgan fingerprint density at radius 1 is 1.28 bits per heavy atom. The number of nitrogens with one attached hydrogen (secondary N) is 2. The molecule has 0 aliphatic carbocycles. The van der Waals surface area contributed by atoms with E-state index in [2.05, 4.69) is 10.0 Å². The third-order valence-corrected chi connectivity index (χ3v) is 2.65. The zero-order chi connectivity index (χ0) is 13.9. The van der Waals surface area contributed by atoms with Crippen molar-refractivity contribution in [2.45, 2.75) is 13.8 Å². The van der Waals surface area contributed by atoms with Gasteiger partial charge in [0.15, 0.2) is 0 Å². The molecular formula is C11H15FN2O3S. The van der Waals surface area contributed by atoms with Crippen molar-refractivity contribution in [1.82, 2.24) is 0 Å². The highest BCUT2D eigenvalue weighted by Gasteiger charge is 2.13. The van der Waals surface area contributed by atoms with Crippen LogP contribution >= 0.6 is 0 Å². The second kappa shape index (κ2) is 5.34. The summed E-state index contributed by atoms with van der Waals surface area (Å²) in [5.74, 6) is -1.18. The highest BCUT2D eigenvalue weighted by molar-refractivity contribution is 7.92. The molecule has 1 aromatic rings. The lowest BCUT2D eigenvalue weighted by atomic mass is 10.2. The van der Waals surface area contributed by atoms with Gasteiger partial charge in [0.2, 0.25) is 15.9 Å². The van der Waals surface area contributed by atoms with Gasteiger partial charge >= 0.3 is 0 Å². The fourth-order valence-electron chi connectivity index (χ4n) is 1.19. The van der Waals surface area contributed by atoms with Crippen molar-refractivity contribution in [3.8, 4) is 0 Å². The average Bonchev–Trinajstić information content (AvgIpc) is 2.20. The molecule has 1 rings (SSSR count). The third-order valence-electron chi connectivity index (χ3n) is 2.06. The summed E-state index contributed by atoms with van der Waals surface area (Å²) < 4.78 is 37.6. The number of hydrogen-bond acceptors (Lipinski definition) is 3. The molecule has 0 aliphatic rings. The molecule has 0 aliphatic heterocycles. The molecule has 0 aromatic heterocycles. The molecule has 0 atom stereocenters. The van der Waals surface area contributed by atoms with Gasteiger partial charge in [-0.2, -0.15) is 0 Å². The molecular weight excluding hydrogens is 259 g/mol. The van der Waals surface area contributed by atoms with Crippen LogP contribution in [0.15, 0.2) is 18.2 Å². The second-order valence-electron chi connectivity index (χ2n) is 4.21. The minimum absolute atomic E-state index is 0.0964. The lowest BCUT2D eigenvalue weighted by Crippen LogP contribution is -2.20. The molecule has 0 spiro atoms. The smallest absolute Gasteiger partial charge is 0.229 e. The first-order valence-electron chi connectivity index (χ1n) is 5.27. The van der Waals surface area contributed by atoms with Gasteiger partial charge in [0.25, 0.3) is 0 Å². The Balaban J connectivity index is 3.08. The van der Waals surface area contributed by atoms with Crippen molar-refractivity contribution in [3.63, 3.8) is 0 Å². The van der Waals surface area contributed by atoms with E-state index < -0.39 is 15.8 Å². The molecule has 1 aromatic carbocycles. The largest absolute Gasteiger partial charge is 0.324 e. The first-order valence-corrected chi connectivity index (χ1v) is 7.16. The number of sulfonamides is 1. The number of benzene rings is 1. The Morgan fingerprint density at radius 3 is 2.39 bits per heavy atom. The highest BCUT2D eigenvalue weighted by atomic mass is 32.2. The molecule has 7 heteroatoms. The summed E-state index contributed by atoms with van der Waals surface area (Å²) in [4.78, 5) is 11.5. The topological polar surface area (TPSA) is 75.3 Å². The summed E-state index contributed by atoms with van der Waals surface area (Å²) in [6.07, 6.45) is 0.977. The van der Waals surface area contributed by atoms with Gasteiger partial charge in [0.1, 0.15) is 5.82 Å². The Morgan fingerprint density at radius 2 is 1.89 bits per heavy atom. The summed E-state index contributed by atoms with van der Waals surface area (Å²) in [6, 6.07) is 3.43. The van der Waals surface area contributed by atoms with Gasteiger partial charge in [-0.3, -0.25) is 9.52 Å². The molecule has 0 bridgehead atoms. The van der Waals surface area contributed by atoms with Crippen LogP contribution in [-0.4, -0.2) is 20.6 Å². The van der Waals surface area contributed by atoms with Gasteiger partial charge in [0, 0.05) is 5.92 Å². The van der Waals surface area contributed by atoms with E-state index in [0.717, 1.165) is 18.4 Å². The summed E-state index contributed by atoms with van der Waals surface area (Å²) in [5, 5.41) is 2.47. The number of carbonyl (C=O) groups is 1. The van der Waals surface area contributed by atoms with E-state index in [1.54, 1.807) is 13.8 Å². The van der Waals surface area contributed by atoms with Crippen LogP contribution in [0, 0.1) is 11.7 Å². The fourth-order valence-corrected chi connectivity index (χ4v) is 1.76. The monoisotopic (exact) mass is 274 g/mol. The van der Waals surface area contributed by atoms with Gasteiger partial charge in [0.05, 0.1) is 17.6 Å². The van der Waals surface area contributed by atoms with Crippen molar-refractivity contribution in [2.75, 3.05) is 16.3 Å². The minimum atomic E-state index is -3.49. The third kappa shape index (κ3) is 4.33. The van der Waals surface area contributed by atoms with Crippen LogP contribution in [0.1, 0.15) is 13.8 Å². The van der Waals surface area contributed by atoms with E-state index in [0.29, 0.717) is 0 Å². The van der Waals surface area contributed by atoms with Crippen LogP contribution in [0.3, 0.4) is 0 Å². The van der Waals surface area contributed by atoms with Gasteiger partial charge in [-0.1, -0.05) is 13.8 Å². The molecule has 0 heterocycles. The first-order chi connectivity index (χ1) is 8.19. The van der Waals surface area contributed by atoms with Crippen LogP contribution in [0.2, 0.25) is 0 Å². The maximum Gasteiger partial charge on any atom is 0.229 e. The molecule has 2 N–H and O–H groups in total. The predicted octanol–water partition coefficient (Wildman–Crippen LogP) is 1.79. The van der Waals surface area contributed by atoms with Gasteiger partial charge in [-0.15, -0.1) is 0 Å². The second-order valence-corrected chi connectivity index (χ2v) is 5.96. The van der Waals surface area contributed by atoms with Crippen LogP contribution < -0.4 is 10.0 Å². The molecule has 100 valence electrons. The van der Waals surface area contributed by atoms with Crippen molar-refractivity contribution in [1.29, 1.82) is 0 Å². The Labute approximate surface area is 105 Å². The van der Waals surface area contributed by atoms with Crippen molar-refractivity contribution < 1.29 is 17.6 Å². The van der Waals surface area contributed by atoms with Crippen molar-refractivity contribution in [3.05, 3.63) is 24.0 Å². The molecule has 0 saturated heterocycles. The predicted molar refractivity (Wildman–Crippen MR) is 68.3 cm³/mol. The van der Waals surface area contributed by atoms with Crippen molar-refractivity contribution >= 4 is 27.3 Å². The van der Waals surface area contributed by atoms with Gasteiger partial charge in [-0.25, -0.2) is 12.8 Å². The Bertz CT molecular complexity index is 555. The lowest BCUT2D eigenvalue weighted by molar-refractivity contribution is -0.118. The molecule has 0 radical (unpaired) electrons. The maximum atomic E-state index is 13.1. The van der Waals surface area contributed by atoms with Crippen LogP contribution in [0.4, 0.5) is 15.8 Å². The number of hydrogen-bond donors (Lipinski definition) is 2. The maximum absolute atomic E-state index is 13.1. The summed E-state index contributed by atoms with van der Waals surface area (Å²) in [5.41, 5.74) is 0.229. The highest BCUT2D eigenvalue weighted by Crippen LogP contribution is 2.24. The van der Waals surface area contributed by atoms with E-state index in [1.165, 1.54) is 6.07 Å². The zero-order valence-corrected chi connectivity index (χ0v) is 11.1. The normalized spacial score (nSPS) is 11.4. The van der Waals surface area contributed by atoms with E-state index in [-0.39, 0.29) is 23.2 Å². The lowest BCUT2D eigenvalue weighted by Gasteiger charge is -2.13. The minimum Gasteiger partial charge on any atom is -0.324 e. The summed E-state index contributed by atoms with van der Waals surface area (Å²) in [6.45, 7) is 3.36. The van der Waals surface area contributed by atoms with E-state index in [9.17, 15) is 17.6 Å². The fraction of sp³-hybridized carbons (Fsp3) is 0.364. The molecule has 0 unspecified atom stereocenters. The summed E-state index contributed by atoms with van der Waals surface area (Å²) in [7, 11) is -3.49. The molecule has 0 saturated carbocycles. The quantitative estimate of drug-likeness (QED) is 0.879. The first kappa shape index (κ1) is 14.4. The number of amides is 1. The van der Waals surface area contributed by atoms with E-state index >= 15 is 0 Å². The SMILES string of the molecule is CC(C)C(=O)Nc1cc(F)ccc1NS(C)(=O)=O. The number of halogens is 1. The molecule has 1 amide bonds. The molecule has 18 heavy (non-hydrogen) atoms. The number of anilines is 2. The Hall–Kier alpha value is -1.63. The standard InChI is InChI=1S/C11H15FN2O3S/c1-7(2)11(15)13-10-6-8(12)4-5-9(10)14-18(3,16)17/h4-7,14H,1-3H3,(H,13,15). The van der Waals surface area contributed by atoms with Crippen LogP contribution in [0.25, 0.3) is 0 Å². The molecule has 0 fully saturated rings. The Kier molecular flexibility index (Phi) is 4.28. The number of carbonyl (C=O) groups excluding carboxylic acids is 1. The van der Waals surface area contributed by atoms with Gasteiger partial charge < -0.3 is 5.32 Å².